The Balaban J connectivity index is 1.80. The molecule has 156 valence electrons. The minimum atomic E-state index is -4.97. The third-order valence-electron chi connectivity index (χ3n) is 4.47. The van der Waals surface area contributed by atoms with Gasteiger partial charge in [0.2, 0.25) is 5.88 Å². The number of nitriles is 1. The van der Waals surface area contributed by atoms with Gasteiger partial charge in [0, 0.05) is 12.1 Å². The quantitative estimate of drug-likeness (QED) is 0.737. The zero-order chi connectivity index (χ0) is 22.1. The number of hydrogen-bond acceptors (Lipinski definition) is 6. The summed E-state index contributed by atoms with van der Waals surface area (Å²) in [4.78, 5) is 29.6. The molecule has 1 N–H and O–H groups in total. The van der Waals surface area contributed by atoms with Gasteiger partial charge in [0.25, 0.3) is 5.91 Å². The van der Waals surface area contributed by atoms with Crippen LogP contribution in [-0.4, -0.2) is 28.8 Å². The number of halogens is 3. The van der Waals surface area contributed by atoms with Crippen molar-refractivity contribution in [3.63, 3.8) is 0 Å². The van der Waals surface area contributed by atoms with Crippen LogP contribution in [-0.2, 0) is 4.79 Å². The first-order chi connectivity index (χ1) is 14.1. The van der Waals surface area contributed by atoms with Crippen LogP contribution in [0.2, 0.25) is 0 Å². The number of nitrogens with zero attached hydrogens (tertiary/aromatic N) is 3. The number of benzene rings is 1. The predicted molar refractivity (Wildman–Crippen MR) is 96.9 cm³/mol. The molecule has 3 amide bonds. The zero-order valence-electron chi connectivity index (χ0n) is 15.8. The highest BCUT2D eigenvalue weighted by molar-refractivity contribution is 6.23. The van der Waals surface area contributed by atoms with E-state index in [9.17, 15) is 22.8 Å². The molecule has 3 rings (SSSR count). The number of pyridine rings is 1. The number of nitrogens with one attached hydrogen (secondary N) is 1. The van der Waals surface area contributed by atoms with E-state index in [1.165, 1.54) is 24.4 Å². The third-order valence-corrected chi connectivity index (χ3v) is 4.47. The van der Waals surface area contributed by atoms with E-state index in [-0.39, 0.29) is 22.9 Å². The van der Waals surface area contributed by atoms with Crippen molar-refractivity contribution in [2.45, 2.75) is 32.2 Å². The summed E-state index contributed by atoms with van der Waals surface area (Å²) in [6.45, 7) is 3.38. The molecule has 1 aliphatic rings. The minimum absolute atomic E-state index is 0.00766. The van der Waals surface area contributed by atoms with E-state index in [4.69, 9.17) is 10.00 Å². The van der Waals surface area contributed by atoms with E-state index >= 15 is 0 Å². The van der Waals surface area contributed by atoms with Crippen LogP contribution >= 0.6 is 0 Å². The molecule has 0 radical (unpaired) electrons. The molecule has 1 atom stereocenters. The number of carbonyl (C=O) groups excluding carboxylic acids is 2. The summed E-state index contributed by atoms with van der Waals surface area (Å²) in [6, 6.07) is 7.08. The van der Waals surface area contributed by atoms with Crippen molar-refractivity contribution in [1.82, 2.24) is 10.3 Å². The Morgan fingerprint density at radius 1 is 1.27 bits per heavy atom. The Kier molecular flexibility index (Phi) is 5.26. The number of anilines is 1. The molecule has 1 aromatic heterocycles. The molecule has 0 spiro atoms. The number of ether oxygens (including phenoxy) is 2. The molecule has 0 saturated carbocycles. The second-order valence-electron chi connectivity index (χ2n) is 6.53. The van der Waals surface area contributed by atoms with Crippen LogP contribution in [0.1, 0.15) is 25.8 Å². The van der Waals surface area contributed by atoms with Crippen LogP contribution in [0.15, 0.2) is 36.5 Å². The number of amides is 3. The van der Waals surface area contributed by atoms with Crippen molar-refractivity contribution in [3.8, 4) is 23.4 Å². The fraction of sp³-hybridized carbons (Fsp3) is 0.263. The van der Waals surface area contributed by atoms with E-state index in [0.717, 1.165) is 17.0 Å². The lowest BCUT2D eigenvalue weighted by Crippen LogP contribution is -2.43. The van der Waals surface area contributed by atoms with Gasteiger partial charge in [0.1, 0.15) is 17.4 Å². The number of aromatic nitrogens is 1. The lowest BCUT2D eigenvalue weighted by molar-refractivity contribution is -0.274. The second kappa shape index (κ2) is 7.55. The number of hydrogen-bond donors (Lipinski definition) is 1. The standard InChI is InChI=1S/C19H15F3N4O4/c1-3-18(2)16(27)26(17(28)25-18)12-5-7-15(24-10-12)29-13-6-4-11(9-23)14(8-13)30-19(20,21)22/h4-8,10H,3H2,1-2H3,(H,25,28)/t18-/m1/s1. The van der Waals surface area contributed by atoms with E-state index < -0.39 is 29.6 Å². The van der Waals surface area contributed by atoms with E-state index in [1.807, 2.05) is 0 Å². The van der Waals surface area contributed by atoms with Crippen LogP contribution in [0.25, 0.3) is 0 Å². The van der Waals surface area contributed by atoms with E-state index in [2.05, 4.69) is 15.0 Å². The van der Waals surface area contributed by atoms with Gasteiger partial charge in [-0.2, -0.15) is 5.26 Å². The Labute approximate surface area is 168 Å². The van der Waals surface area contributed by atoms with Crippen molar-refractivity contribution >= 4 is 17.6 Å². The van der Waals surface area contributed by atoms with E-state index in [1.54, 1.807) is 19.9 Å². The number of rotatable bonds is 5. The number of imide groups is 1. The van der Waals surface area contributed by atoms with Crippen molar-refractivity contribution in [2.75, 3.05) is 4.90 Å². The van der Waals surface area contributed by atoms with Gasteiger partial charge in [-0.15, -0.1) is 13.2 Å². The smallest absolute Gasteiger partial charge is 0.439 e. The van der Waals surface area contributed by atoms with Gasteiger partial charge in [-0.1, -0.05) is 6.92 Å². The maximum Gasteiger partial charge on any atom is 0.573 e. The summed E-state index contributed by atoms with van der Waals surface area (Å²) in [5.74, 6) is -1.20. The van der Waals surface area contributed by atoms with Crippen molar-refractivity contribution in [1.29, 1.82) is 5.26 Å². The summed E-state index contributed by atoms with van der Waals surface area (Å²) in [6.07, 6.45) is -3.34. The average molecular weight is 420 g/mol. The van der Waals surface area contributed by atoms with Gasteiger partial charge >= 0.3 is 12.4 Å². The first-order valence-electron chi connectivity index (χ1n) is 8.67. The molecule has 8 nitrogen and oxygen atoms in total. The fourth-order valence-corrected chi connectivity index (χ4v) is 2.71. The van der Waals surface area contributed by atoms with Gasteiger partial charge < -0.3 is 14.8 Å². The van der Waals surface area contributed by atoms with Gasteiger partial charge in [-0.25, -0.2) is 14.7 Å². The molecule has 1 saturated heterocycles. The van der Waals surface area contributed by atoms with Gasteiger partial charge in [0.05, 0.1) is 17.4 Å². The molecular formula is C19H15F3N4O4. The molecule has 0 unspecified atom stereocenters. The first kappa shape index (κ1) is 20.9. The number of urea groups is 1. The monoisotopic (exact) mass is 420 g/mol. The normalized spacial score (nSPS) is 18.7. The highest BCUT2D eigenvalue weighted by Gasteiger charge is 2.47. The van der Waals surface area contributed by atoms with Gasteiger partial charge in [-0.3, -0.25) is 4.79 Å². The first-order valence-corrected chi connectivity index (χ1v) is 8.67. The molecule has 11 heteroatoms. The summed E-state index contributed by atoms with van der Waals surface area (Å²) in [5, 5.41) is 11.5. The molecule has 1 aromatic carbocycles. The Hall–Kier alpha value is -3.81. The van der Waals surface area contributed by atoms with E-state index in [0.29, 0.717) is 6.42 Å². The summed E-state index contributed by atoms with van der Waals surface area (Å²) < 4.78 is 46.7. The SMILES string of the molecule is CC[C@@]1(C)NC(=O)N(c2ccc(Oc3ccc(C#N)c(OC(F)(F)F)c3)nc2)C1=O. The number of carbonyl (C=O) groups is 2. The van der Waals surface area contributed by atoms with Crippen LogP contribution in [0, 0.1) is 11.3 Å². The third kappa shape index (κ3) is 4.12. The Morgan fingerprint density at radius 2 is 2.00 bits per heavy atom. The molecule has 0 aliphatic carbocycles. The molecular weight excluding hydrogens is 405 g/mol. The van der Waals surface area contributed by atoms with Gasteiger partial charge in [0.15, 0.2) is 5.75 Å². The summed E-state index contributed by atoms with van der Waals surface area (Å²) >= 11 is 0. The van der Waals surface area contributed by atoms with Crippen LogP contribution in [0.3, 0.4) is 0 Å². The Morgan fingerprint density at radius 3 is 2.53 bits per heavy atom. The molecule has 1 aliphatic heterocycles. The molecule has 30 heavy (non-hydrogen) atoms. The highest BCUT2D eigenvalue weighted by atomic mass is 19.4. The van der Waals surface area contributed by atoms with Crippen LogP contribution in [0.4, 0.5) is 23.7 Å². The molecule has 0 bridgehead atoms. The van der Waals surface area contributed by atoms with Crippen LogP contribution in [0.5, 0.6) is 17.4 Å². The summed E-state index contributed by atoms with van der Waals surface area (Å²) in [7, 11) is 0. The maximum atomic E-state index is 12.5. The van der Waals surface area contributed by atoms with Crippen molar-refractivity contribution in [2.24, 2.45) is 0 Å². The van der Waals surface area contributed by atoms with Crippen molar-refractivity contribution in [3.05, 3.63) is 42.1 Å². The van der Waals surface area contributed by atoms with Crippen LogP contribution < -0.4 is 19.7 Å². The van der Waals surface area contributed by atoms with Gasteiger partial charge in [-0.05, 0) is 31.5 Å². The molecule has 1 fully saturated rings. The maximum absolute atomic E-state index is 12.5. The topological polar surface area (TPSA) is 105 Å². The fourth-order valence-electron chi connectivity index (χ4n) is 2.71. The van der Waals surface area contributed by atoms with Crippen molar-refractivity contribution < 1.29 is 32.2 Å². The zero-order valence-corrected chi connectivity index (χ0v) is 15.8. The molecule has 2 aromatic rings. The second-order valence-corrected chi connectivity index (χ2v) is 6.53. The number of alkyl halides is 3. The highest BCUT2D eigenvalue weighted by Crippen LogP contribution is 2.32. The average Bonchev–Trinajstić information content (AvgIpc) is 2.91. The predicted octanol–water partition coefficient (Wildman–Crippen LogP) is 3.87. The lowest BCUT2D eigenvalue weighted by atomic mass is 9.99. The molecule has 2 heterocycles. The largest absolute Gasteiger partial charge is 0.573 e. The minimum Gasteiger partial charge on any atom is -0.439 e. The summed E-state index contributed by atoms with van der Waals surface area (Å²) in [5.41, 5.74) is -1.12. The Bertz CT molecular complexity index is 1030. The lowest BCUT2D eigenvalue weighted by Gasteiger charge is -2.19.